The highest BCUT2D eigenvalue weighted by Gasteiger charge is 2.24. The van der Waals surface area contributed by atoms with Gasteiger partial charge in [0, 0.05) is 19.3 Å². The summed E-state index contributed by atoms with van der Waals surface area (Å²) in [5.74, 6) is 0.0733. The van der Waals surface area contributed by atoms with E-state index in [4.69, 9.17) is 14.7 Å². The quantitative estimate of drug-likeness (QED) is 0.753. The van der Waals surface area contributed by atoms with Gasteiger partial charge in [0.2, 0.25) is 0 Å². The van der Waals surface area contributed by atoms with Crippen molar-refractivity contribution < 1.29 is 19.1 Å². The molecule has 0 atom stereocenters. The predicted molar refractivity (Wildman–Crippen MR) is 91.9 cm³/mol. The SMILES string of the molecule is CCOC(=O)CN(CCNc1ccc(C#N)cn1)C(=O)OC(C)(C)C. The molecule has 8 heteroatoms. The molecule has 0 saturated heterocycles. The number of anilines is 1. The van der Waals surface area contributed by atoms with E-state index in [2.05, 4.69) is 10.3 Å². The van der Waals surface area contributed by atoms with Crippen molar-refractivity contribution in [3.05, 3.63) is 23.9 Å². The highest BCUT2D eigenvalue weighted by molar-refractivity contribution is 5.78. The van der Waals surface area contributed by atoms with E-state index in [9.17, 15) is 9.59 Å². The summed E-state index contributed by atoms with van der Waals surface area (Å²) in [4.78, 5) is 29.3. The summed E-state index contributed by atoms with van der Waals surface area (Å²) >= 11 is 0. The van der Waals surface area contributed by atoms with Crippen LogP contribution in [0.2, 0.25) is 0 Å². The Hall–Kier alpha value is -2.82. The number of nitrogens with zero attached hydrogens (tertiary/aromatic N) is 3. The van der Waals surface area contributed by atoms with Crippen LogP contribution in [0, 0.1) is 11.3 Å². The van der Waals surface area contributed by atoms with Gasteiger partial charge in [0.1, 0.15) is 24.0 Å². The summed E-state index contributed by atoms with van der Waals surface area (Å²) in [6, 6.07) is 5.29. The average molecular weight is 348 g/mol. The van der Waals surface area contributed by atoms with Crippen molar-refractivity contribution in [3.8, 4) is 6.07 Å². The molecule has 0 fully saturated rings. The third-order valence-corrected chi connectivity index (χ3v) is 2.86. The summed E-state index contributed by atoms with van der Waals surface area (Å²) in [5.41, 5.74) is -0.199. The molecule has 0 saturated carbocycles. The van der Waals surface area contributed by atoms with Crippen LogP contribution < -0.4 is 5.32 Å². The lowest BCUT2D eigenvalue weighted by Crippen LogP contribution is -2.42. The van der Waals surface area contributed by atoms with Gasteiger partial charge in [0.25, 0.3) is 0 Å². The number of esters is 1. The molecular formula is C17H24N4O4. The fourth-order valence-electron chi connectivity index (χ4n) is 1.81. The monoisotopic (exact) mass is 348 g/mol. The van der Waals surface area contributed by atoms with Gasteiger partial charge in [0.15, 0.2) is 0 Å². The smallest absolute Gasteiger partial charge is 0.410 e. The Morgan fingerprint density at radius 3 is 2.60 bits per heavy atom. The molecule has 0 aliphatic rings. The Morgan fingerprint density at radius 2 is 2.08 bits per heavy atom. The molecule has 1 N–H and O–H groups in total. The van der Waals surface area contributed by atoms with Crippen LogP contribution in [-0.4, -0.2) is 53.8 Å². The number of nitriles is 1. The van der Waals surface area contributed by atoms with Gasteiger partial charge in [-0.2, -0.15) is 5.26 Å². The van der Waals surface area contributed by atoms with E-state index < -0.39 is 17.7 Å². The molecule has 0 bridgehead atoms. The minimum Gasteiger partial charge on any atom is -0.465 e. The van der Waals surface area contributed by atoms with E-state index in [-0.39, 0.29) is 19.7 Å². The molecule has 1 aromatic heterocycles. The lowest BCUT2D eigenvalue weighted by Gasteiger charge is -2.26. The second-order valence-electron chi connectivity index (χ2n) is 6.18. The normalized spacial score (nSPS) is 10.5. The van der Waals surface area contributed by atoms with Gasteiger partial charge in [-0.05, 0) is 39.8 Å². The van der Waals surface area contributed by atoms with Crippen LogP contribution in [0.1, 0.15) is 33.3 Å². The first kappa shape index (κ1) is 20.2. The second kappa shape index (κ2) is 9.47. The highest BCUT2D eigenvalue weighted by atomic mass is 16.6. The maximum absolute atomic E-state index is 12.2. The third kappa shape index (κ3) is 8.01. The van der Waals surface area contributed by atoms with Crippen LogP contribution in [0.5, 0.6) is 0 Å². The Labute approximate surface area is 147 Å². The van der Waals surface area contributed by atoms with Crippen LogP contribution >= 0.6 is 0 Å². The zero-order chi connectivity index (χ0) is 18.9. The molecule has 0 unspecified atom stereocenters. The zero-order valence-electron chi connectivity index (χ0n) is 15.0. The van der Waals surface area contributed by atoms with Crippen molar-refractivity contribution in [2.75, 3.05) is 31.6 Å². The molecule has 0 aliphatic carbocycles. The standard InChI is InChI=1S/C17H24N4O4/c1-5-24-15(22)12-21(16(23)25-17(2,3)4)9-8-19-14-7-6-13(10-18)11-20-14/h6-7,11H,5,8-9,12H2,1-4H3,(H,19,20). The van der Waals surface area contributed by atoms with Crippen LogP contribution in [0.15, 0.2) is 18.3 Å². The molecule has 0 aliphatic heterocycles. The van der Waals surface area contributed by atoms with Crippen molar-refractivity contribution in [3.63, 3.8) is 0 Å². The molecule has 1 heterocycles. The Balaban J connectivity index is 2.63. The van der Waals surface area contributed by atoms with Crippen molar-refractivity contribution in [2.24, 2.45) is 0 Å². The van der Waals surface area contributed by atoms with E-state index in [0.29, 0.717) is 17.9 Å². The highest BCUT2D eigenvalue weighted by Crippen LogP contribution is 2.10. The second-order valence-corrected chi connectivity index (χ2v) is 6.18. The van der Waals surface area contributed by atoms with E-state index in [1.165, 1.54) is 11.1 Å². The first-order chi connectivity index (χ1) is 11.7. The minimum absolute atomic E-state index is 0.189. The first-order valence-electron chi connectivity index (χ1n) is 7.98. The van der Waals surface area contributed by atoms with Crippen molar-refractivity contribution in [1.29, 1.82) is 5.26 Å². The van der Waals surface area contributed by atoms with Crippen molar-refractivity contribution in [1.82, 2.24) is 9.88 Å². The molecule has 25 heavy (non-hydrogen) atoms. The summed E-state index contributed by atoms with van der Waals surface area (Å²) in [5, 5.41) is 11.8. The van der Waals surface area contributed by atoms with Crippen LogP contribution in [-0.2, 0) is 14.3 Å². The number of nitrogens with one attached hydrogen (secondary N) is 1. The van der Waals surface area contributed by atoms with E-state index in [1.807, 2.05) is 6.07 Å². The van der Waals surface area contributed by atoms with Gasteiger partial charge >= 0.3 is 12.1 Å². The fourth-order valence-corrected chi connectivity index (χ4v) is 1.81. The number of amides is 1. The minimum atomic E-state index is -0.661. The molecule has 1 aromatic rings. The van der Waals surface area contributed by atoms with Crippen molar-refractivity contribution >= 4 is 17.9 Å². The molecule has 136 valence electrons. The number of aromatic nitrogens is 1. The van der Waals surface area contributed by atoms with Gasteiger partial charge in [-0.25, -0.2) is 9.78 Å². The number of rotatable bonds is 7. The summed E-state index contributed by atoms with van der Waals surface area (Å²) in [7, 11) is 0. The summed E-state index contributed by atoms with van der Waals surface area (Å²) in [6.07, 6.45) is 0.863. The maximum Gasteiger partial charge on any atom is 0.410 e. The Morgan fingerprint density at radius 1 is 1.36 bits per heavy atom. The number of carbonyl (C=O) groups excluding carboxylic acids is 2. The van der Waals surface area contributed by atoms with Crippen LogP contribution in [0.3, 0.4) is 0 Å². The molecule has 1 amide bonds. The summed E-state index contributed by atoms with van der Waals surface area (Å²) in [6.45, 7) is 7.62. The van der Waals surface area contributed by atoms with E-state index in [0.717, 1.165) is 0 Å². The summed E-state index contributed by atoms with van der Waals surface area (Å²) < 4.78 is 10.2. The largest absolute Gasteiger partial charge is 0.465 e. The molecule has 0 aromatic carbocycles. The fraction of sp³-hybridized carbons (Fsp3) is 0.529. The zero-order valence-corrected chi connectivity index (χ0v) is 15.0. The Bertz CT molecular complexity index is 617. The molecule has 0 radical (unpaired) electrons. The van der Waals surface area contributed by atoms with Gasteiger partial charge in [-0.3, -0.25) is 9.69 Å². The van der Waals surface area contributed by atoms with Gasteiger partial charge in [-0.15, -0.1) is 0 Å². The molecular weight excluding hydrogens is 324 g/mol. The topological polar surface area (TPSA) is 105 Å². The van der Waals surface area contributed by atoms with Gasteiger partial charge in [0.05, 0.1) is 12.2 Å². The third-order valence-electron chi connectivity index (χ3n) is 2.86. The van der Waals surface area contributed by atoms with Crippen molar-refractivity contribution in [2.45, 2.75) is 33.3 Å². The van der Waals surface area contributed by atoms with Crippen LogP contribution in [0.25, 0.3) is 0 Å². The molecule has 0 spiro atoms. The maximum atomic E-state index is 12.2. The lowest BCUT2D eigenvalue weighted by atomic mass is 10.2. The predicted octanol–water partition coefficient (Wildman–Crippen LogP) is 2.17. The number of hydrogen-bond acceptors (Lipinski definition) is 7. The van der Waals surface area contributed by atoms with Gasteiger partial charge in [-0.1, -0.05) is 0 Å². The molecule has 8 nitrogen and oxygen atoms in total. The number of ether oxygens (including phenoxy) is 2. The number of hydrogen-bond donors (Lipinski definition) is 1. The van der Waals surface area contributed by atoms with E-state index in [1.54, 1.807) is 39.8 Å². The average Bonchev–Trinajstić information content (AvgIpc) is 2.53. The van der Waals surface area contributed by atoms with Crippen LogP contribution in [0.4, 0.5) is 10.6 Å². The molecule has 1 rings (SSSR count). The lowest BCUT2D eigenvalue weighted by molar-refractivity contribution is -0.144. The van der Waals surface area contributed by atoms with E-state index >= 15 is 0 Å². The first-order valence-corrected chi connectivity index (χ1v) is 7.98. The van der Waals surface area contributed by atoms with Gasteiger partial charge < -0.3 is 14.8 Å². The number of pyridine rings is 1. The Kier molecular flexibility index (Phi) is 7.66. The number of carbonyl (C=O) groups is 2.